The summed E-state index contributed by atoms with van der Waals surface area (Å²) in [5.74, 6) is -2.20. The highest BCUT2D eigenvalue weighted by molar-refractivity contribution is 5.86. The van der Waals surface area contributed by atoms with Crippen molar-refractivity contribution in [3.8, 4) is 11.4 Å². The molecule has 2 unspecified atom stereocenters. The minimum Gasteiger partial charge on any atom is -0.459 e. The van der Waals surface area contributed by atoms with Gasteiger partial charge in [0.15, 0.2) is 5.75 Å². The average Bonchev–Trinajstić information content (AvgIpc) is 3.59. The maximum atomic E-state index is 13.4. The second kappa shape index (κ2) is 15.3. The van der Waals surface area contributed by atoms with Crippen molar-refractivity contribution in [3.63, 3.8) is 0 Å². The number of fused-ring (bicyclic) bond motifs is 4. The van der Waals surface area contributed by atoms with E-state index in [1.165, 1.54) is 6.92 Å². The molecule has 2 aliphatic rings. The monoisotopic (exact) mass is 668 g/mol. The van der Waals surface area contributed by atoms with Gasteiger partial charge < -0.3 is 34.6 Å². The van der Waals surface area contributed by atoms with Crippen molar-refractivity contribution >= 4 is 17.6 Å². The molecule has 4 rings (SSSR count). The molecule has 9 atom stereocenters. The van der Waals surface area contributed by atoms with Gasteiger partial charge in [-0.15, -0.1) is 0 Å². The number of esters is 1. The van der Waals surface area contributed by atoms with Crippen LogP contribution in [0.2, 0.25) is 0 Å². The first kappa shape index (κ1) is 37.2. The van der Waals surface area contributed by atoms with Gasteiger partial charge in [-0.2, -0.15) is 5.10 Å². The molecule has 1 aromatic heterocycles. The zero-order chi connectivity index (χ0) is 35.4. The molecule has 0 aliphatic carbocycles. The van der Waals surface area contributed by atoms with E-state index < -0.39 is 47.3 Å². The lowest BCUT2D eigenvalue weighted by atomic mass is 9.71. The lowest BCUT2D eigenvalue weighted by Crippen LogP contribution is -2.55. The van der Waals surface area contributed by atoms with Crippen molar-refractivity contribution < 1.29 is 38.9 Å². The van der Waals surface area contributed by atoms with Crippen molar-refractivity contribution in [2.24, 2.45) is 28.8 Å². The van der Waals surface area contributed by atoms with Crippen LogP contribution in [0.5, 0.6) is 5.75 Å². The highest BCUT2D eigenvalue weighted by atomic mass is 16.6. The summed E-state index contributed by atoms with van der Waals surface area (Å²) in [5, 5.41) is 35.4. The molecular formula is C36H52N4O8. The van der Waals surface area contributed by atoms with Gasteiger partial charge in [-0.25, -0.2) is 4.68 Å². The summed E-state index contributed by atoms with van der Waals surface area (Å²) < 4.78 is 20.9. The number of rotatable bonds is 5. The summed E-state index contributed by atoms with van der Waals surface area (Å²) in [7, 11) is 0. The molecule has 1 aromatic carbocycles. The Morgan fingerprint density at radius 3 is 2.46 bits per heavy atom. The molecule has 2 aliphatic heterocycles. The molecule has 3 heterocycles. The van der Waals surface area contributed by atoms with Gasteiger partial charge in [-0.3, -0.25) is 9.59 Å². The molecule has 1 amide bonds. The van der Waals surface area contributed by atoms with Crippen LogP contribution in [-0.2, 0) is 23.8 Å². The number of hydrogen-bond donors (Lipinski definition) is 3. The van der Waals surface area contributed by atoms with Gasteiger partial charge in [0.1, 0.15) is 23.5 Å². The maximum absolute atomic E-state index is 13.4. The summed E-state index contributed by atoms with van der Waals surface area (Å²) in [4.78, 5) is 31.8. The Labute approximate surface area is 283 Å². The van der Waals surface area contributed by atoms with Crippen LogP contribution in [0, 0.1) is 23.7 Å². The van der Waals surface area contributed by atoms with E-state index in [9.17, 15) is 19.8 Å². The number of cyclic esters (lactones) is 1. The number of carbonyl (C=O) groups excluding carboxylic acids is 2. The zero-order valence-corrected chi connectivity index (χ0v) is 29.6. The maximum Gasteiger partial charge on any atom is 0.311 e. The fourth-order valence-corrected chi connectivity index (χ4v) is 6.96. The number of aromatic nitrogens is 2. The molecule has 2 bridgehead atoms. The van der Waals surface area contributed by atoms with Crippen molar-refractivity contribution in [2.75, 3.05) is 13.2 Å². The molecule has 48 heavy (non-hydrogen) atoms. The predicted molar refractivity (Wildman–Crippen MR) is 180 cm³/mol. The van der Waals surface area contributed by atoms with Gasteiger partial charge in [0.05, 0.1) is 36.5 Å². The number of aliphatic hydroxyl groups excluding tert-OH is 1. The zero-order valence-electron chi connectivity index (χ0n) is 29.6. The smallest absolute Gasteiger partial charge is 0.311 e. The van der Waals surface area contributed by atoms with Gasteiger partial charge in [-0.05, 0) is 94.2 Å². The van der Waals surface area contributed by atoms with Crippen molar-refractivity contribution in [1.82, 2.24) is 15.1 Å². The van der Waals surface area contributed by atoms with E-state index in [0.29, 0.717) is 29.2 Å². The second-order valence-corrected chi connectivity index (χ2v) is 13.9. The van der Waals surface area contributed by atoms with Crippen molar-refractivity contribution in [1.29, 1.82) is 0 Å². The summed E-state index contributed by atoms with van der Waals surface area (Å²) in [6.45, 7) is 16.0. The SMILES string of the molecule is CC[C@H]1OC(=O)C(C)[C@@H](O)[C@H](C)[C@@H](C)[C@@]2(C)C[C@@H](C)C(NC(C)=O)=C(C)C(OCC(=NOc3ccc(-n4cccn4)cc3)CO2)[C@]1(C)O. The Bertz CT molecular complexity index is 1470. The Kier molecular flexibility index (Phi) is 11.9. The average molecular weight is 669 g/mol. The third-order valence-electron chi connectivity index (χ3n) is 10.2. The molecule has 0 spiro atoms. The van der Waals surface area contributed by atoms with Crippen LogP contribution in [0.3, 0.4) is 0 Å². The summed E-state index contributed by atoms with van der Waals surface area (Å²) >= 11 is 0. The summed E-state index contributed by atoms with van der Waals surface area (Å²) in [5.41, 5.74) is -0.187. The number of carbonyl (C=O) groups is 2. The van der Waals surface area contributed by atoms with Gasteiger partial charge in [0.25, 0.3) is 0 Å². The number of hydrogen-bond acceptors (Lipinski definition) is 10. The molecule has 0 saturated carbocycles. The second-order valence-electron chi connectivity index (χ2n) is 13.9. The largest absolute Gasteiger partial charge is 0.459 e. The Morgan fingerprint density at radius 2 is 1.85 bits per heavy atom. The Hall–Kier alpha value is -3.58. The van der Waals surface area contributed by atoms with Crippen LogP contribution >= 0.6 is 0 Å². The first-order valence-electron chi connectivity index (χ1n) is 16.8. The Balaban J connectivity index is 1.84. The van der Waals surface area contributed by atoms with E-state index in [-0.39, 0.29) is 37.4 Å². The van der Waals surface area contributed by atoms with Gasteiger partial charge in [0.2, 0.25) is 5.91 Å². The lowest BCUT2D eigenvalue weighted by Gasteiger charge is -2.44. The number of nitrogens with zero attached hydrogens (tertiary/aromatic N) is 3. The molecule has 0 radical (unpaired) electrons. The number of benzene rings is 1. The minimum atomic E-state index is -1.75. The molecule has 12 nitrogen and oxygen atoms in total. The number of nitrogens with one attached hydrogen (secondary N) is 1. The number of oxime groups is 1. The van der Waals surface area contributed by atoms with Crippen LogP contribution in [0.15, 0.2) is 59.2 Å². The molecule has 264 valence electrons. The molecular weight excluding hydrogens is 616 g/mol. The van der Waals surface area contributed by atoms with Gasteiger partial charge in [0, 0.05) is 25.0 Å². The third kappa shape index (κ3) is 8.16. The van der Waals surface area contributed by atoms with Crippen LogP contribution < -0.4 is 10.2 Å². The van der Waals surface area contributed by atoms with E-state index in [1.807, 2.05) is 59.0 Å². The number of allylic oxidation sites excluding steroid dienone is 1. The standard InChI is InChI=1S/C36H52N4O8/c1-10-30-36(9,44)33-23(4)31(38-26(7)41)21(2)18-35(8,25(6)22(3)32(42)24(5)34(43)47-30)46-20-27(19-45-33)39-48-29-14-12-28(13-15-29)40-17-11-16-37-40/h11-17,21-22,24-25,30,32-33,42,44H,10,18-20H2,1-9H3,(H,38,41)/t21-,22-,24?,25-,30-,32+,33?,35-,36-/m1/s1. The quantitative estimate of drug-likeness (QED) is 0.307. The van der Waals surface area contributed by atoms with Gasteiger partial charge >= 0.3 is 5.97 Å². The van der Waals surface area contributed by atoms with E-state index in [1.54, 1.807) is 43.8 Å². The van der Waals surface area contributed by atoms with E-state index in [4.69, 9.17) is 19.0 Å². The number of aliphatic hydroxyl groups is 2. The van der Waals surface area contributed by atoms with E-state index in [0.717, 1.165) is 5.69 Å². The molecule has 3 N–H and O–H groups in total. The topological polar surface area (TPSA) is 154 Å². The lowest BCUT2D eigenvalue weighted by molar-refractivity contribution is -0.187. The fourth-order valence-electron chi connectivity index (χ4n) is 6.96. The summed E-state index contributed by atoms with van der Waals surface area (Å²) in [6, 6.07) is 9.12. The normalized spacial score (nSPS) is 34.9. The third-order valence-corrected chi connectivity index (χ3v) is 10.2. The highest BCUT2D eigenvalue weighted by Gasteiger charge is 2.48. The van der Waals surface area contributed by atoms with E-state index >= 15 is 0 Å². The first-order valence-corrected chi connectivity index (χ1v) is 16.8. The molecule has 0 saturated heterocycles. The summed E-state index contributed by atoms with van der Waals surface area (Å²) in [6.07, 6.45) is 1.16. The molecule has 2 aromatic rings. The van der Waals surface area contributed by atoms with Gasteiger partial charge in [-0.1, -0.05) is 32.9 Å². The van der Waals surface area contributed by atoms with Crippen LogP contribution in [0.25, 0.3) is 5.69 Å². The van der Waals surface area contributed by atoms with E-state index in [2.05, 4.69) is 15.6 Å². The number of ether oxygens (including phenoxy) is 3. The fraction of sp³-hybridized carbons (Fsp3) is 0.611. The Morgan fingerprint density at radius 1 is 1.17 bits per heavy atom. The molecule has 12 heteroatoms. The van der Waals surface area contributed by atoms with Crippen LogP contribution in [-0.4, -0.2) is 80.3 Å². The van der Waals surface area contributed by atoms with Crippen LogP contribution in [0.4, 0.5) is 0 Å². The first-order chi connectivity index (χ1) is 22.6. The predicted octanol–water partition coefficient (Wildman–Crippen LogP) is 4.57. The van der Waals surface area contributed by atoms with Crippen molar-refractivity contribution in [3.05, 3.63) is 54.0 Å². The van der Waals surface area contributed by atoms with Crippen LogP contribution in [0.1, 0.15) is 75.2 Å². The highest BCUT2D eigenvalue weighted by Crippen LogP contribution is 2.41. The molecule has 0 fully saturated rings. The number of amides is 1. The minimum absolute atomic E-state index is 0.0211. The van der Waals surface area contributed by atoms with Crippen molar-refractivity contribution in [2.45, 2.75) is 105 Å².